The van der Waals surface area contributed by atoms with E-state index in [1.54, 1.807) is 0 Å². The Kier molecular flexibility index (Phi) is 5.54. The first-order chi connectivity index (χ1) is 7.62. The first kappa shape index (κ1) is 13.8. The molecule has 0 unspecified atom stereocenters. The van der Waals surface area contributed by atoms with Crippen LogP contribution in [0.5, 0.6) is 0 Å². The van der Waals surface area contributed by atoms with Gasteiger partial charge in [0.15, 0.2) is 0 Å². The molecule has 1 saturated heterocycles. The van der Waals surface area contributed by atoms with Crippen LogP contribution < -0.4 is 0 Å². The smallest absolute Gasteiger partial charge is 0.369 e. The van der Waals surface area contributed by atoms with Crippen molar-refractivity contribution in [3.8, 4) is 0 Å². The number of nitrogens with zero attached hydrogens (tertiary/aromatic N) is 2. The van der Waals surface area contributed by atoms with Gasteiger partial charge in [-0.25, -0.2) is 9.80 Å². The van der Waals surface area contributed by atoms with Crippen molar-refractivity contribution in [2.75, 3.05) is 53.1 Å². The van der Waals surface area contributed by atoms with Crippen molar-refractivity contribution in [3.63, 3.8) is 0 Å². The van der Waals surface area contributed by atoms with Crippen LogP contribution in [0.25, 0.3) is 0 Å². The Morgan fingerprint density at radius 3 is 2.19 bits per heavy atom. The number of alkyl halides is 2. The van der Waals surface area contributed by atoms with Gasteiger partial charge in [-0.3, -0.25) is 0 Å². The van der Waals surface area contributed by atoms with Crippen LogP contribution in [0.4, 0.5) is 8.78 Å². The van der Waals surface area contributed by atoms with E-state index in [2.05, 4.69) is 0 Å². The summed E-state index contributed by atoms with van der Waals surface area (Å²) in [7, 11) is 1.51. The Balaban J connectivity index is 2.38. The van der Waals surface area contributed by atoms with Crippen molar-refractivity contribution < 1.29 is 18.3 Å². The third-order valence-corrected chi connectivity index (χ3v) is 2.68. The maximum Gasteiger partial charge on any atom is 0.369 e. The fraction of sp³-hybridized carbons (Fsp3) is 1.00. The lowest BCUT2D eigenvalue weighted by Gasteiger charge is -2.28. The van der Waals surface area contributed by atoms with Crippen LogP contribution >= 0.6 is 0 Å². The predicted molar refractivity (Wildman–Crippen MR) is 56.5 cm³/mol. The van der Waals surface area contributed by atoms with E-state index in [1.807, 2.05) is 6.92 Å². The molecule has 0 amide bonds. The number of rotatable bonds is 7. The molecule has 0 atom stereocenters. The maximum absolute atomic E-state index is 13.8. The fourth-order valence-corrected chi connectivity index (χ4v) is 1.72. The van der Waals surface area contributed by atoms with Crippen molar-refractivity contribution in [3.05, 3.63) is 0 Å². The van der Waals surface area contributed by atoms with Gasteiger partial charge in [-0.15, -0.1) is 0 Å². The molecule has 1 heterocycles. The van der Waals surface area contributed by atoms with Crippen LogP contribution in [-0.4, -0.2) is 69.1 Å². The van der Waals surface area contributed by atoms with Crippen molar-refractivity contribution in [2.24, 2.45) is 0 Å². The highest BCUT2D eigenvalue weighted by Crippen LogP contribution is 2.29. The molecule has 16 heavy (non-hydrogen) atoms. The number of ether oxygens (including phenoxy) is 2. The van der Waals surface area contributed by atoms with Gasteiger partial charge in [-0.05, 0) is 6.92 Å². The first-order valence-corrected chi connectivity index (χ1v) is 5.57. The summed E-state index contributed by atoms with van der Waals surface area (Å²) >= 11 is 0. The third kappa shape index (κ3) is 3.35. The maximum atomic E-state index is 13.8. The standard InChI is InChI=1S/C10H20F2N2O2/c1-3-16-9-7-14-5-4-13(6-8-15-2)10(14,11)12/h3-9H2,1-2H3. The molecule has 1 aliphatic heterocycles. The molecule has 0 saturated carbocycles. The third-order valence-electron chi connectivity index (χ3n) is 2.68. The minimum atomic E-state index is -2.87. The van der Waals surface area contributed by atoms with Crippen molar-refractivity contribution >= 4 is 0 Å². The number of hydrogen-bond donors (Lipinski definition) is 0. The Hall–Kier alpha value is -0.300. The van der Waals surface area contributed by atoms with Gasteiger partial charge in [0, 0.05) is 39.9 Å². The summed E-state index contributed by atoms with van der Waals surface area (Å²) < 4.78 is 37.4. The van der Waals surface area contributed by atoms with Crippen molar-refractivity contribution in [2.45, 2.75) is 13.1 Å². The SMILES string of the molecule is CCOCCN1CCN(CCOC)C1(F)F. The lowest BCUT2D eigenvalue weighted by molar-refractivity contribution is -0.214. The molecule has 0 bridgehead atoms. The summed E-state index contributed by atoms with van der Waals surface area (Å²) in [6.45, 7) is 4.38. The highest BCUT2D eigenvalue weighted by atomic mass is 19.3. The highest BCUT2D eigenvalue weighted by Gasteiger charge is 2.48. The minimum absolute atomic E-state index is 0.259. The number of methoxy groups -OCH3 is 1. The minimum Gasteiger partial charge on any atom is -0.383 e. The summed E-state index contributed by atoms with van der Waals surface area (Å²) in [5, 5.41) is 0. The summed E-state index contributed by atoms with van der Waals surface area (Å²) in [5.41, 5.74) is 0. The van der Waals surface area contributed by atoms with Crippen LogP contribution in [0.1, 0.15) is 6.92 Å². The van der Waals surface area contributed by atoms with Crippen molar-refractivity contribution in [1.29, 1.82) is 0 Å². The van der Waals surface area contributed by atoms with Crippen LogP contribution in [0.15, 0.2) is 0 Å². The lowest BCUT2D eigenvalue weighted by atomic mass is 10.5. The number of hydrogen-bond acceptors (Lipinski definition) is 4. The van der Waals surface area contributed by atoms with Crippen LogP contribution in [0.3, 0.4) is 0 Å². The second-order valence-electron chi connectivity index (χ2n) is 3.67. The van der Waals surface area contributed by atoms with Crippen LogP contribution in [-0.2, 0) is 9.47 Å². The molecule has 1 rings (SSSR count). The predicted octanol–water partition coefficient (Wildman–Crippen LogP) is 0.837. The molecule has 0 radical (unpaired) electrons. The summed E-state index contributed by atoms with van der Waals surface area (Å²) in [6, 6.07) is 0. The lowest BCUT2D eigenvalue weighted by Crippen LogP contribution is -2.48. The molecule has 96 valence electrons. The highest BCUT2D eigenvalue weighted by molar-refractivity contribution is 4.80. The zero-order valence-electron chi connectivity index (χ0n) is 9.92. The van der Waals surface area contributed by atoms with Gasteiger partial charge in [0.25, 0.3) is 0 Å². The molecule has 6 heteroatoms. The summed E-state index contributed by atoms with van der Waals surface area (Å²) in [5.74, 6) is 0. The van der Waals surface area contributed by atoms with E-state index in [-0.39, 0.29) is 13.1 Å². The molecule has 0 aromatic heterocycles. The average Bonchev–Trinajstić information content (AvgIpc) is 2.52. The zero-order valence-corrected chi connectivity index (χ0v) is 9.92. The van der Waals surface area contributed by atoms with Crippen LogP contribution in [0.2, 0.25) is 0 Å². The molecular formula is C10H20F2N2O2. The van der Waals surface area contributed by atoms with Crippen molar-refractivity contribution in [1.82, 2.24) is 9.80 Å². The van der Waals surface area contributed by atoms with E-state index >= 15 is 0 Å². The zero-order chi connectivity index (χ0) is 12.0. The van der Waals surface area contributed by atoms with E-state index < -0.39 is 6.17 Å². The van der Waals surface area contributed by atoms with Gasteiger partial charge in [0.1, 0.15) is 0 Å². The van der Waals surface area contributed by atoms with Gasteiger partial charge in [-0.1, -0.05) is 0 Å². The Morgan fingerprint density at radius 2 is 1.69 bits per heavy atom. The first-order valence-electron chi connectivity index (χ1n) is 5.57. The summed E-state index contributed by atoms with van der Waals surface area (Å²) in [6.07, 6.45) is -2.87. The van der Waals surface area contributed by atoms with Gasteiger partial charge in [0.2, 0.25) is 0 Å². The fourth-order valence-electron chi connectivity index (χ4n) is 1.72. The Labute approximate surface area is 95.1 Å². The molecular weight excluding hydrogens is 218 g/mol. The Bertz CT molecular complexity index is 205. The van der Waals surface area contributed by atoms with Gasteiger partial charge in [-0.2, -0.15) is 8.78 Å². The topological polar surface area (TPSA) is 24.9 Å². The van der Waals surface area contributed by atoms with E-state index in [9.17, 15) is 8.78 Å². The second kappa shape index (κ2) is 6.44. The molecule has 1 aliphatic rings. The van der Waals surface area contributed by atoms with Gasteiger partial charge in [0.05, 0.1) is 13.2 Å². The molecule has 0 N–H and O–H groups in total. The second-order valence-corrected chi connectivity index (χ2v) is 3.67. The molecule has 4 nitrogen and oxygen atoms in total. The quantitative estimate of drug-likeness (QED) is 0.484. The number of halogens is 2. The molecule has 0 aliphatic carbocycles. The Morgan fingerprint density at radius 1 is 1.12 bits per heavy atom. The molecule has 0 aromatic rings. The van der Waals surface area contributed by atoms with E-state index in [0.717, 1.165) is 9.80 Å². The molecule has 1 fully saturated rings. The van der Waals surface area contributed by atoms with Crippen LogP contribution in [0, 0.1) is 0 Å². The van der Waals surface area contributed by atoms with E-state index in [4.69, 9.17) is 9.47 Å². The summed E-state index contributed by atoms with van der Waals surface area (Å²) in [4.78, 5) is 2.29. The van der Waals surface area contributed by atoms with E-state index in [0.29, 0.717) is 32.9 Å². The normalized spacial score (nSPS) is 21.8. The van der Waals surface area contributed by atoms with Gasteiger partial charge >= 0.3 is 6.17 Å². The van der Waals surface area contributed by atoms with Gasteiger partial charge < -0.3 is 9.47 Å². The molecule has 0 spiro atoms. The van der Waals surface area contributed by atoms with E-state index in [1.165, 1.54) is 7.11 Å². The molecule has 0 aromatic carbocycles. The average molecular weight is 238 g/mol. The monoisotopic (exact) mass is 238 g/mol. The largest absolute Gasteiger partial charge is 0.383 e.